The maximum atomic E-state index is 11.8. The highest BCUT2D eigenvalue weighted by Crippen LogP contribution is 2.33. The summed E-state index contributed by atoms with van der Waals surface area (Å²) in [5, 5.41) is 0. The van der Waals surface area contributed by atoms with Gasteiger partial charge in [0.05, 0.1) is 0 Å². The van der Waals surface area contributed by atoms with E-state index in [1.54, 1.807) is 0 Å². The molecule has 1 aliphatic carbocycles. The number of thioether (sulfide) groups is 1. The number of ketones is 1. The minimum absolute atomic E-state index is 0.331. The molecule has 2 heteroatoms. The van der Waals surface area contributed by atoms with Crippen LogP contribution in [0.5, 0.6) is 0 Å². The molecule has 1 aromatic rings. The van der Waals surface area contributed by atoms with Crippen LogP contribution in [-0.2, 0) is 0 Å². The molecule has 1 aromatic carbocycles. The second-order valence-corrected chi connectivity index (χ2v) is 6.24. The van der Waals surface area contributed by atoms with Crippen molar-refractivity contribution in [2.75, 3.05) is 5.75 Å². The molecule has 2 rings (SSSR count). The third-order valence-corrected chi connectivity index (χ3v) is 4.45. The summed E-state index contributed by atoms with van der Waals surface area (Å²) in [5.41, 5.74) is 0.896. The fourth-order valence-corrected chi connectivity index (χ4v) is 2.93. The monoisotopic (exact) mass is 262 g/mol. The van der Waals surface area contributed by atoms with Crippen molar-refractivity contribution in [3.05, 3.63) is 29.8 Å². The van der Waals surface area contributed by atoms with Gasteiger partial charge in [-0.15, -0.1) is 11.8 Å². The molecule has 0 saturated heterocycles. The molecule has 1 aliphatic rings. The average Bonchev–Trinajstić information content (AvgIpc) is 3.23. The van der Waals surface area contributed by atoms with Gasteiger partial charge in [0.25, 0.3) is 0 Å². The van der Waals surface area contributed by atoms with E-state index in [1.165, 1.54) is 36.3 Å². The molecule has 0 atom stereocenters. The maximum absolute atomic E-state index is 11.8. The summed E-state index contributed by atoms with van der Waals surface area (Å²) in [5.74, 6) is 1.86. The Morgan fingerprint density at radius 2 is 1.89 bits per heavy atom. The summed E-state index contributed by atoms with van der Waals surface area (Å²) in [6, 6.07) is 8.18. The van der Waals surface area contributed by atoms with Crippen LogP contribution in [0.25, 0.3) is 0 Å². The van der Waals surface area contributed by atoms with Crippen molar-refractivity contribution in [3.63, 3.8) is 0 Å². The molecule has 0 amide bonds. The Bertz CT molecular complexity index is 379. The molecule has 1 nitrogen and oxygen atoms in total. The summed E-state index contributed by atoms with van der Waals surface area (Å²) in [4.78, 5) is 13.1. The number of Topliss-reactive ketones (excluding diaryl/α,β-unsaturated/α-hetero) is 1. The first-order valence-electron chi connectivity index (χ1n) is 7.08. The normalized spacial score (nSPS) is 14.7. The third-order valence-electron chi connectivity index (χ3n) is 3.35. The van der Waals surface area contributed by atoms with Crippen LogP contribution in [0.2, 0.25) is 0 Å². The lowest BCUT2D eigenvalue weighted by Gasteiger charge is -2.03. The molecular formula is C16H22OS. The predicted molar refractivity (Wildman–Crippen MR) is 78.4 cm³/mol. The van der Waals surface area contributed by atoms with Crippen molar-refractivity contribution in [1.29, 1.82) is 0 Å². The lowest BCUT2D eigenvalue weighted by molar-refractivity contribution is 0.0967. The van der Waals surface area contributed by atoms with E-state index < -0.39 is 0 Å². The van der Waals surface area contributed by atoms with E-state index in [2.05, 4.69) is 19.1 Å². The van der Waals surface area contributed by atoms with Crippen LogP contribution < -0.4 is 0 Å². The van der Waals surface area contributed by atoms with Crippen LogP contribution in [0, 0.1) is 5.92 Å². The number of hydrogen-bond donors (Lipinski definition) is 0. The van der Waals surface area contributed by atoms with Gasteiger partial charge in [0.2, 0.25) is 0 Å². The fraction of sp³-hybridized carbons (Fsp3) is 0.562. The van der Waals surface area contributed by atoms with Crippen molar-refractivity contribution in [2.45, 2.75) is 50.3 Å². The van der Waals surface area contributed by atoms with Gasteiger partial charge in [0.1, 0.15) is 0 Å². The summed E-state index contributed by atoms with van der Waals surface area (Å²) < 4.78 is 0. The smallest absolute Gasteiger partial charge is 0.165 e. The highest BCUT2D eigenvalue weighted by Gasteiger charge is 2.30. The Labute approximate surface area is 114 Å². The van der Waals surface area contributed by atoms with Crippen LogP contribution in [0.1, 0.15) is 55.8 Å². The van der Waals surface area contributed by atoms with Crippen molar-refractivity contribution < 1.29 is 4.79 Å². The molecule has 0 aromatic heterocycles. The Morgan fingerprint density at radius 3 is 2.50 bits per heavy atom. The molecule has 0 spiro atoms. The highest BCUT2D eigenvalue weighted by atomic mass is 32.2. The minimum Gasteiger partial charge on any atom is -0.294 e. The lowest BCUT2D eigenvalue weighted by atomic mass is 10.1. The van der Waals surface area contributed by atoms with Crippen molar-refractivity contribution in [2.24, 2.45) is 5.92 Å². The standard InChI is InChI=1S/C16H22OS/c1-2-3-4-5-12-18-15-10-8-14(9-11-15)16(17)13-6-7-13/h8-11,13H,2-7,12H2,1H3. The fourth-order valence-electron chi connectivity index (χ4n) is 2.02. The molecular weight excluding hydrogens is 240 g/mol. The van der Waals surface area contributed by atoms with Crippen LogP contribution in [-0.4, -0.2) is 11.5 Å². The second-order valence-electron chi connectivity index (χ2n) is 5.07. The van der Waals surface area contributed by atoms with Gasteiger partial charge in [0, 0.05) is 16.4 Å². The van der Waals surface area contributed by atoms with Gasteiger partial charge in [0.15, 0.2) is 5.78 Å². The average molecular weight is 262 g/mol. The number of benzene rings is 1. The summed E-state index contributed by atoms with van der Waals surface area (Å²) in [7, 11) is 0. The van der Waals surface area contributed by atoms with Gasteiger partial charge >= 0.3 is 0 Å². The summed E-state index contributed by atoms with van der Waals surface area (Å²) in [6.07, 6.45) is 7.45. The zero-order valence-corrected chi connectivity index (χ0v) is 12.0. The molecule has 18 heavy (non-hydrogen) atoms. The van der Waals surface area contributed by atoms with E-state index in [0.29, 0.717) is 11.7 Å². The summed E-state index contributed by atoms with van der Waals surface area (Å²) in [6.45, 7) is 2.24. The number of carbonyl (C=O) groups excluding carboxylic acids is 1. The molecule has 0 radical (unpaired) electrons. The van der Waals surface area contributed by atoms with Gasteiger partial charge in [-0.25, -0.2) is 0 Å². The Hall–Kier alpha value is -0.760. The van der Waals surface area contributed by atoms with Crippen LogP contribution in [0.4, 0.5) is 0 Å². The van der Waals surface area contributed by atoms with Crippen molar-refractivity contribution >= 4 is 17.5 Å². The predicted octanol–water partition coefficient (Wildman–Crippen LogP) is 4.95. The number of hydrogen-bond acceptors (Lipinski definition) is 2. The summed E-state index contributed by atoms with van der Waals surface area (Å²) >= 11 is 1.90. The van der Waals surface area contributed by atoms with Crippen molar-refractivity contribution in [1.82, 2.24) is 0 Å². The molecule has 0 N–H and O–H groups in total. The van der Waals surface area contributed by atoms with E-state index >= 15 is 0 Å². The van der Waals surface area contributed by atoms with Gasteiger partial charge in [-0.2, -0.15) is 0 Å². The largest absolute Gasteiger partial charge is 0.294 e. The quantitative estimate of drug-likeness (QED) is 0.374. The van der Waals surface area contributed by atoms with E-state index in [0.717, 1.165) is 18.4 Å². The first-order valence-corrected chi connectivity index (χ1v) is 8.07. The zero-order chi connectivity index (χ0) is 12.8. The topological polar surface area (TPSA) is 17.1 Å². The van der Waals surface area contributed by atoms with E-state index in [9.17, 15) is 4.79 Å². The Morgan fingerprint density at radius 1 is 1.17 bits per heavy atom. The van der Waals surface area contributed by atoms with Gasteiger partial charge in [-0.05, 0) is 37.1 Å². The molecule has 0 aliphatic heterocycles. The lowest BCUT2D eigenvalue weighted by Crippen LogP contribution is -2.00. The van der Waals surface area contributed by atoms with Gasteiger partial charge in [-0.3, -0.25) is 4.79 Å². The third kappa shape index (κ3) is 4.16. The SMILES string of the molecule is CCCCCCSc1ccc(C(=O)C2CC2)cc1. The molecule has 0 heterocycles. The van der Waals surface area contributed by atoms with Crippen molar-refractivity contribution in [3.8, 4) is 0 Å². The number of rotatable bonds is 8. The van der Waals surface area contributed by atoms with E-state index in [-0.39, 0.29) is 0 Å². The molecule has 98 valence electrons. The van der Waals surface area contributed by atoms with Crippen LogP contribution in [0.15, 0.2) is 29.2 Å². The molecule has 1 fully saturated rings. The highest BCUT2D eigenvalue weighted by molar-refractivity contribution is 7.99. The second kappa shape index (κ2) is 6.98. The Kier molecular flexibility index (Phi) is 5.30. The van der Waals surface area contributed by atoms with E-state index in [4.69, 9.17) is 0 Å². The molecule has 0 unspecified atom stereocenters. The number of carbonyl (C=O) groups is 1. The van der Waals surface area contributed by atoms with Gasteiger partial charge in [-0.1, -0.05) is 38.3 Å². The van der Waals surface area contributed by atoms with Crippen LogP contribution >= 0.6 is 11.8 Å². The first kappa shape index (κ1) is 13.7. The molecule has 0 bridgehead atoms. The first-order chi connectivity index (χ1) is 8.81. The minimum atomic E-state index is 0.331. The van der Waals surface area contributed by atoms with E-state index in [1.807, 2.05) is 23.9 Å². The number of unbranched alkanes of at least 4 members (excludes halogenated alkanes) is 3. The molecule has 1 saturated carbocycles. The van der Waals surface area contributed by atoms with Crippen LogP contribution in [0.3, 0.4) is 0 Å². The zero-order valence-electron chi connectivity index (χ0n) is 11.2. The Balaban J connectivity index is 1.75. The maximum Gasteiger partial charge on any atom is 0.165 e. The van der Waals surface area contributed by atoms with Gasteiger partial charge < -0.3 is 0 Å².